The van der Waals surface area contributed by atoms with Gasteiger partial charge in [0.2, 0.25) is 0 Å². The SMILES string of the molecule is CCCCC/C(=N/NC(=O)c1ccc(NC(=O)c2ccc(C(C)(C)C)cc2)cc1)c1ccccc1. The van der Waals surface area contributed by atoms with Crippen molar-refractivity contribution in [1.29, 1.82) is 0 Å². The maximum atomic E-state index is 12.7. The monoisotopic (exact) mass is 469 g/mol. The van der Waals surface area contributed by atoms with Gasteiger partial charge in [0, 0.05) is 16.8 Å². The van der Waals surface area contributed by atoms with Crippen LogP contribution in [0.5, 0.6) is 0 Å². The highest BCUT2D eigenvalue weighted by atomic mass is 16.2. The third kappa shape index (κ3) is 7.64. The van der Waals surface area contributed by atoms with Gasteiger partial charge in [-0.2, -0.15) is 5.10 Å². The summed E-state index contributed by atoms with van der Waals surface area (Å²) >= 11 is 0. The van der Waals surface area contributed by atoms with E-state index in [-0.39, 0.29) is 17.2 Å². The molecule has 3 aromatic carbocycles. The molecule has 0 atom stereocenters. The second-order valence-corrected chi connectivity index (χ2v) is 9.68. The first-order valence-corrected chi connectivity index (χ1v) is 12.2. The number of benzene rings is 3. The summed E-state index contributed by atoms with van der Waals surface area (Å²) in [4.78, 5) is 25.3. The predicted molar refractivity (Wildman–Crippen MR) is 144 cm³/mol. The van der Waals surface area contributed by atoms with Crippen LogP contribution >= 0.6 is 0 Å². The third-order valence-electron chi connectivity index (χ3n) is 5.83. The molecule has 0 aromatic heterocycles. The number of carbonyl (C=O) groups excluding carboxylic acids is 2. The Morgan fingerprint density at radius 1 is 0.743 bits per heavy atom. The molecule has 0 unspecified atom stereocenters. The largest absolute Gasteiger partial charge is 0.322 e. The second-order valence-electron chi connectivity index (χ2n) is 9.68. The fourth-order valence-electron chi connectivity index (χ4n) is 3.65. The molecule has 2 amide bonds. The molecule has 5 nitrogen and oxygen atoms in total. The summed E-state index contributed by atoms with van der Waals surface area (Å²) in [6.07, 6.45) is 4.07. The standard InChI is InChI=1S/C30H35N3O2/c1-5-6-8-13-27(22-11-9-7-10-12-22)32-33-29(35)24-16-20-26(21-17-24)31-28(34)23-14-18-25(19-15-23)30(2,3)4/h7,9-12,14-21H,5-6,8,13H2,1-4H3,(H,31,34)(H,33,35)/b32-27-. The van der Waals surface area contributed by atoms with Crippen LogP contribution in [0.15, 0.2) is 84.0 Å². The van der Waals surface area contributed by atoms with E-state index < -0.39 is 0 Å². The molecule has 2 N–H and O–H groups in total. The second kappa shape index (κ2) is 12.1. The van der Waals surface area contributed by atoms with Crippen LogP contribution in [-0.4, -0.2) is 17.5 Å². The quantitative estimate of drug-likeness (QED) is 0.202. The van der Waals surface area contributed by atoms with Crippen molar-refractivity contribution in [2.24, 2.45) is 5.10 Å². The molecule has 0 radical (unpaired) electrons. The van der Waals surface area contributed by atoms with Gasteiger partial charge in [-0.3, -0.25) is 9.59 Å². The van der Waals surface area contributed by atoms with Gasteiger partial charge < -0.3 is 5.32 Å². The normalized spacial score (nSPS) is 11.7. The summed E-state index contributed by atoms with van der Waals surface area (Å²) in [6.45, 7) is 8.58. The Morgan fingerprint density at radius 3 is 1.94 bits per heavy atom. The van der Waals surface area contributed by atoms with Gasteiger partial charge in [-0.15, -0.1) is 0 Å². The lowest BCUT2D eigenvalue weighted by atomic mass is 9.87. The topological polar surface area (TPSA) is 70.6 Å². The zero-order valence-corrected chi connectivity index (χ0v) is 21.1. The number of amides is 2. The number of hydrazone groups is 1. The predicted octanol–water partition coefficient (Wildman–Crippen LogP) is 6.95. The minimum absolute atomic E-state index is 0.0345. The smallest absolute Gasteiger partial charge is 0.271 e. The molecule has 5 heteroatoms. The van der Waals surface area contributed by atoms with Crippen molar-refractivity contribution in [3.8, 4) is 0 Å². The van der Waals surface area contributed by atoms with Gasteiger partial charge in [-0.05, 0) is 65.8 Å². The Kier molecular flexibility index (Phi) is 8.96. The van der Waals surface area contributed by atoms with Crippen LogP contribution in [0, 0.1) is 0 Å². The van der Waals surface area contributed by atoms with Crippen LogP contribution in [0.25, 0.3) is 0 Å². The van der Waals surface area contributed by atoms with E-state index in [1.807, 2.05) is 54.6 Å². The van der Waals surface area contributed by atoms with E-state index in [2.05, 4.69) is 43.5 Å². The van der Waals surface area contributed by atoms with E-state index in [4.69, 9.17) is 0 Å². The van der Waals surface area contributed by atoms with E-state index in [9.17, 15) is 9.59 Å². The number of hydrogen-bond donors (Lipinski definition) is 2. The summed E-state index contributed by atoms with van der Waals surface area (Å²) in [5.74, 6) is -0.476. The first-order chi connectivity index (χ1) is 16.8. The zero-order valence-electron chi connectivity index (χ0n) is 21.1. The van der Waals surface area contributed by atoms with E-state index in [0.717, 1.165) is 37.0 Å². The molecule has 0 spiro atoms. The molecule has 0 aliphatic rings. The number of nitrogens with one attached hydrogen (secondary N) is 2. The number of rotatable bonds is 9. The van der Waals surface area contributed by atoms with Crippen molar-refractivity contribution in [2.75, 3.05) is 5.32 Å². The summed E-state index contributed by atoms with van der Waals surface area (Å²) in [7, 11) is 0. The Hall–Kier alpha value is -3.73. The molecular formula is C30H35N3O2. The third-order valence-corrected chi connectivity index (χ3v) is 5.83. The first kappa shape index (κ1) is 25.9. The molecule has 3 aromatic rings. The Morgan fingerprint density at radius 2 is 1.34 bits per heavy atom. The molecule has 0 fully saturated rings. The maximum absolute atomic E-state index is 12.7. The Balaban J connectivity index is 1.63. The van der Waals surface area contributed by atoms with E-state index in [1.54, 1.807) is 24.3 Å². The molecule has 35 heavy (non-hydrogen) atoms. The molecule has 0 aliphatic carbocycles. The summed E-state index contributed by atoms with van der Waals surface area (Å²) in [5, 5.41) is 7.31. The number of hydrogen-bond acceptors (Lipinski definition) is 3. The van der Waals surface area contributed by atoms with Crippen molar-refractivity contribution < 1.29 is 9.59 Å². The van der Waals surface area contributed by atoms with Crippen LogP contribution in [0.1, 0.15) is 85.2 Å². The van der Waals surface area contributed by atoms with Crippen LogP contribution in [0.2, 0.25) is 0 Å². The number of carbonyl (C=O) groups is 2. The minimum Gasteiger partial charge on any atom is -0.322 e. The molecule has 0 aliphatic heterocycles. The van der Waals surface area contributed by atoms with Gasteiger partial charge >= 0.3 is 0 Å². The highest BCUT2D eigenvalue weighted by Crippen LogP contribution is 2.22. The fourth-order valence-corrected chi connectivity index (χ4v) is 3.65. The van der Waals surface area contributed by atoms with Crippen LogP contribution in [-0.2, 0) is 5.41 Å². The lowest BCUT2D eigenvalue weighted by Crippen LogP contribution is -2.20. The molecule has 0 bridgehead atoms. The lowest BCUT2D eigenvalue weighted by molar-refractivity contribution is 0.0954. The van der Waals surface area contributed by atoms with Crippen LogP contribution in [0.4, 0.5) is 5.69 Å². The minimum atomic E-state index is -0.287. The van der Waals surface area contributed by atoms with Crippen molar-refractivity contribution in [2.45, 2.75) is 58.8 Å². The molecule has 0 saturated carbocycles. The number of unbranched alkanes of at least 4 members (excludes halogenated alkanes) is 2. The van der Waals surface area contributed by atoms with E-state index >= 15 is 0 Å². The maximum Gasteiger partial charge on any atom is 0.271 e. The van der Waals surface area contributed by atoms with Crippen molar-refractivity contribution >= 4 is 23.2 Å². The van der Waals surface area contributed by atoms with Gasteiger partial charge in [0.05, 0.1) is 5.71 Å². The van der Waals surface area contributed by atoms with Gasteiger partial charge in [-0.1, -0.05) is 83.0 Å². The van der Waals surface area contributed by atoms with E-state index in [0.29, 0.717) is 16.8 Å². The fraction of sp³-hybridized carbons (Fsp3) is 0.300. The van der Waals surface area contributed by atoms with Crippen molar-refractivity contribution in [3.05, 3.63) is 101 Å². The molecule has 0 heterocycles. The van der Waals surface area contributed by atoms with Gasteiger partial charge in [0.25, 0.3) is 11.8 Å². The summed E-state index contributed by atoms with van der Waals surface area (Å²) in [5.41, 5.74) is 7.47. The Labute approximate surface area is 208 Å². The zero-order chi connectivity index (χ0) is 25.3. The molecule has 182 valence electrons. The van der Waals surface area contributed by atoms with Crippen molar-refractivity contribution in [1.82, 2.24) is 5.43 Å². The molecular weight excluding hydrogens is 434 g/mol. The van der Waals surface area contributed by atoms with Gasteiger partial charge in [0.15, 0.2) is 0 Å². The average Bonchev–Trinajstić information content (AvgIpc) is 2.86. The van der Waals surface area contributed by atoms with Crippen LogP contribution < -0.4 is 10.7 Å². The highest BCUT2D eigenvalue weighted by Gasteiger charge is 2.14. The highest BCUT2D eigenvalue weighted by molar-refractivity contribution is 6.05. The molecule has 3 rings (SSSR count). The Bertz CT molecular complexity index is 1140. The average molecular weight is 470 g/mol. The first-order valence-electron chi connectivity index (χ1n) is 12.2. The molecule has 0 saturated heterocycles. The van der Waals surface area contributed by atoms with Gasteiger partial charge in [-0.25, -0.2) is 5.43 Å². The van der Waals surface area contributed by atoms with E-state index in [1.165, 1.54) is 5.56 Å². The van der Waals surface area contributed by atoms with Gasteiger partial charge in [0.1, 0.15) is 0 Å². The van der Waals surface area contributed by atoms with Crippen molar-refractivity contribution in [3.63, 3.8) is 0 Å². The summed E-state index contributed by atoms with van der Waals surface area (Å²) in [6, 6.07) is 24.4. The lowest BCUT2D eigenvalue weighted by Gasteiger charge is -2.19. The van der Waals surface area contributed by atoms with Crippen LogP contribution in [0.3, 0.4) is 0 Å². The number of anilines is 1. The number of nitrogens with zero attached hydrogens (tertiary/aromatic N) is 1. The summed E-state index contributed by atoms with van der Waals surface area (Å²) < 4.78 is 0.